The standard InChI is InChI=1S/C16H20N2O/c1-2-12-3-4-15-13(11-12)7-10-18(16(15)19)14-5-8-17-9-6-14/h3-4,7,10-11,14,17H,2,5-6,8-9H2,1H3. The van der Waals surface area contributed by atoms with Crippen LogP contribution in [-0.4, -0.2) is 17.7 Å². The molecule has 0 aliphatic carbocycles. The van der Waals surface area contributed by atoms with Gasteiger partial charge in [-0.05, 0) is 55.4 Å². The largest absolute Gasteiger partial charge is 0.317 e. The van der Waals surface area contributed by atoms with E-state index in [4.69, 9.17) is 0 Å². The van der Waals surface area contributed by atoms with Crippen LogP contribution in [-0.2, 0) is 6.42 Å². The molecular weight excluding hydrogens is 236 g/mol. The van der Waals surface area contributed by atoms with Crippen LogP contribution >= 0.6 is 0 Å². The SMILES string of the molecule is CCc1ccc2c(=O)n(C3CCNCC3)ccc2c1. The molecule has 1 aliphatic heterocycles. The molecule has 3 rings (SSSR count). The van der Waals surface area contributed by atoms with E-state index in [1.165, 1.54) is 5.56 Å². The second-order valence-corrected chi connectivity index (χ2v) is 5.28. The molecule has 2 aromatic rings. The highest BCUT2D eigenvalue weighted by Gasteiger charge is 2.16. The summed E-state index contributed by atoms with van der Waals surface area (Å²) < 4.78 is 1.93. The van der Waals surface area contributed by atoms with Gasteiger partial charge in [-0.25, -0.2) is 0 Å². The summed E-state index contributed by atoms with van der Waals surface area (Å²) in [6.45, 7) is 4.14. The van der Waals surface area contributed by atoms with Gasteiger partial charge in [0.2, 0.25) is 0 Å². The zero-order valence-electron chi connectivity index (χ0n) is 11.4. The van der Waals surface area contributed by atoms with E-state index in [9.17, 15) is 4.79 Å². The molecule has 0 spiro atoms. The Bertz CT molecular complexity index is 639. The summed E-state index contributed by atoms with van der Waals surface area (Å²) in [4.78, 5) is 12.6. The maximum absolute atomic E-state index is 12.6. The van der Waals surface area contributed by atoms with Crippen LogP contribution in [0.4, 0.5) is 0 Å². The van der Waals surface area contributed by atoms with Gasteiger partial charge in [0.15, 0.2) is 0 Å². The van der Waals surface area contributed by atoms with Gasteiger partial charge in [0.1, 0.15) is 0 Å². The number of rotatable bonds is 2. The number of pyridine rings is 1. The third-order valence-electron chi connectivity index (χ3n) is 4.11. The molecule has 1 aliphatic rings. The number of hydrogen-bond acceptors (Lipinski definition) is 2. The Morgan fingerprint density at radius 3 is 2.79 bits per heavy atom. The van der Waals surface area contributed by atoms with Crippen molar-refractivity contribution in [3.8, 4) is 0 Å². The van der Waals surface area contributed by atoms with Crippen molar-refractivity contribution in [2.45, 2.75) is 32.2 Å². The van der Waals surface area contributed by atoms with Crippen LogP contribution in [0.2, 0.25) is 0 Å². The van der Waals surface area contributed by atoms with Crippen molar-refractivity contribution in [1.29, 1.82) is 0 Å². The number of nitrogens with one attached hydrogen (secondary N) is 1. The first kappa shape index (κ1) is 12.4. The van der Waals surface area contributed by atoms with Gasteiger partial charge in [0.25, 0.3) is 5.56 Å². The minimum absolute atomic E-state index is 0.159. The zero-order chi connectivity index (χ0) is 13.2. The highest BCUT2D eigenvalue weighted by Crippen LogP contribution is 2.19. The van der Waals surface area contributed by atoms with Crippen molar-refractivity contribution in [2.24, 2.45) is 0 Å². The molecule has 0 saturated carbocycles. The summed E-state index contributed by atoms with van der Waals surface area (Å²) >= 11 is 0. The van der Waals surface area contributed by atoms with E-state index in [1.807, 2.05) is 16.8 Å². The second kappa shape index (κ2) is 5.17. The Kier molecular flexibility index (Phi) is 3.38. The quantitative estimate of drug-likeness (QED) is 0.895. The fourth-order valence-electron chi connectivity index (χ4n) is 2.90. The topological polar surface area (TPSA) is 34.0 Å². The van der Waals surface area contributed by atoms with Crippen molar-refractivity contribution in [1.82, 2.24) is 9.88 Å². The molecule has 100 valence electrons. The van der Waals surface area contributed by atoms with Gasteiger partial charge in [-0.1, -0.05) is 19.1 Å². The third-order valence-corrected chi connectivity index (χ3v) is 4.11. The predicted molar refractivity (Wildman–Crippen MR) is 78.7 cm³/mol. The molecular formula is C16H20N2O. The van der Waals surface area contributed by atoms with Crippen LogP contribution in [0.5, 0.6) is 0 Å². The van der Waals surface area contributed by atoms with E-state index in [0.717, 1.165) is 43.1 Å². The molecule has 1 saturated heterocycles. The summed E-state index contributed by atoms with van der Waals surface area (Å²) in [6.07, 6.45) is 5.06. The van der Waals surface area contributed by atoms with E-state index in [-0.39, 0.29) is 5.56 Å². The molecule has 1 fully saturated rings. The van der Waals surface area contributed by atoms with Crippen LogP contribution in [0, 0.1) is 0 Å². The molecule has 3 heteroatoms. The minimum atomic E-state index is 0.159. The van der Waals surface area contributed by atoms with Gasteiger partial charge in [-0.3, -0.25) is 4.79 Å². The highest BCUT2D eigenvalue weighted by atomic mass is 16.1. The Hall–Kier alpha value is -1.61. The third kappa shape index (κ3) is 2.30. The average molecular weight is 256 g/mol. The van der Waals surface area contributed by atoms with Crippen molar-refractivity contribution in [3.63, 3.8) is 0 Å². The smallest absolute Gasteiger partial charge is 0.258 e. The summed E-state index contributed by atoms with van der Waals surface area (Å²) in [5.41, 5.74) is 1.44. The monoisotopic (exact) mass is 256 g/mol. The lowest BCUT2D eigenvalue weighted by Crippen LogP contribution is -2.34. The number of benzene rings is 1. The summed E-state index contributed by atoms with van der Waals surface area (Å²) in [5, 5.41) is 5.25. The second-order valence-electron chi connectivity index (χ2n) is 5.28. The maximum atomic E-state index is 12.6. The summed E-state index contributed by atoms with van der Waals surface area (Å²) in [5.74, 6) is 0. The first-order valence-electron chi connectivity index (χ1n) is 7.14. The van der Waals surface area contributed by atoms with Gasteiger partial charge < -0.3 is 9.88 Å². The zero-order valence-corrected chi connectivity index (χ0v) is 11.4. The Morgan fingerprint density at radius 1 is 1.26 bits per heavy atom. The highest BCUT2D eigenvalue weighted by molar-refractivity contribution is 5.82. The van der Waals surface area contributed by atoms with Gasteiger partial charge in [0, 0.05) is 17.6 Å². The van der Waals surface area contributed by atoms with Crippen molar-refractivity contribution >= 4 is 10.8 Å². The normalized spacial score (nSPS) is 16.9. The number of aryl methyl sites for hydroxylation is 1. The lowest BCUT2D eigenvalue weighted by molar-refractivity contribution is 0.362. The fourth-order valence-corrected chi connectivity index (χ4v) is 2.90. The van der Waals surface area contributed by atoms with E-state index >= 15 is 0 Å². The molecule has 2 heterocycles. The van der Waals surface area contributed by atoms with E-state index in [0.29, 0.717) is 6.04 Å². The Labute approximate surface area is 113 Å². The summed E-state index contributed by atoms with van der Waals surface area (Å²) in [7, 11) is 0. The average Bonchev–Trinajstić information content (AvgIpc) is 2.48. The van der Waals surface area contributed by atoms with Gasteiger partial charge >= 0.3 is 0 Å². The summed E-state index contributed by atoms with van der Waals surface area (Å²) in [6, 6.07) is 8.61. The predicted octanol–water partition coefficient (Wildman–Crippen LogP) is 2.49. The number of aromatic nitrogens is 1. The maximum Gasteiger partial charge on any atom is 0.258 e. The molecule has 1 N–H and O–H groups in total. The first-order valence-corrected chi connectivity index (χ1v) is 7.14. The molecule has 19 heavy (non-hydrogen) atoms. The van der Waals surface area contributed by atoms with Gasteiger partial charge in [-0.2, -0.15) is 0 Å². The van der Waals surface area contributed by atoms with Crippen LogP contribution in [0.1, 0.15) is 31.4 Å². The van der Waals surface area contributed by atoms with Gasteiger partial charge in [0.05, 0.1) is 0 Å². The van der Waals surface area contributed by atoms with Gasteiger partial charge in [-0.15, -0.1) is 0 Å². The van der Waals surface area contributed by atoms with Crippen LogP contribution < -0.4 is 10.9 Å². The van der Waals surface area contributed by atoms with E-state index in [2.05, 4.69) is 30.4 Å². The fraction of sp³-hybridized carbons (Fsp3) is 0.438. The van der Waals surface area contributed by atoms with Crippen LogP contribution in [0.15, 0.2) is 35.3 Å². The van der Waals surface area contributed by atoms with E-state index < -0.39 is 0 Å². The molecule has 0 amide bonds. The molecule has 0 bridgehead atoms. The van der Waals surface area contributed by atoms with Crippen molar-refractivity contribution < 1.29 is 0 Å². The van der Waals surface area contributed by atoms with Crippen LogP contribution in [0.25, 0.3) is 10.8 Å². The molecule has 0 unspecified atom stereocenters. The molecule has 3 nitrogen and oxygen atoms in total. The number of hydrogen-bond donors (Lipinski definition) is 1. The molecule has 0 radical (unpaired) electrons. The number of piperidine rings is 1. The van der Waals surface area contributed by atoms with Crippen molar-refractivity contribution in [2.75, 3.05) is 13.1 Å². The molecule has 1 aromatic heterocycles. The Balaban J connectivity index is 2.07. The minimum Gasteiger partial charge on any atom is -0.317 e. The Morgan fingerprint density at radius 2 is 2.05 bits per heavy atom. The first-order chi connectivity index (χ1) is 9.29. The lowest BCUT2D eigenvalue weighted by Gasteiger charge is -2.25. The lowest BCUT2D eigenvalue weighted by atomic mass is 10.0. The molecule has 1 aromatic carbocycles. The van der Waals surface area contributed by atoms with Crippen molar-refractivity contribution in [3.05, 3.63) is 46.4 Å². The molecule has 0 atom stereocenters. The van der Waals surface area contributed by atoms with Crippen LogP contribution in [0.3, 0.4) is 0 Å². The number of nitrogens with zero attached hydrogens (tertiary/aromatic N) is 1. The number of fused-ring (bicyclic) bond motifs is 1. The van der Waals surface area contributed by atoms with E-state index in [1.54, 1.807) is 0 Å².